The van der Waals surface area contributed by atoms with Crippen LogP contribution in [0.2, 0.25) is 0 Å². The fourth-order valence-corrected chi connectivity index (χ4v) is 4.78. The minimum Gasteiger partial charge on any atom is -0.481 e. The van der Waals surface area contributed by atoms with Crippen molar-refractivity contribution in [1.82, 2.24) is 25.3 Å². The van der Waals surface area contributed by atoms with E-state index in [0.717, 1.165) is 30.5 Å². The number of carbonyl (C=O) groups is 4. The Morgan fingerprint density at radius 2 is 1.63 bits per heavy atom. The number of rotatable bonds is 14. The highest BCUT2D eigenvalue weighted by Gasteiger charge is 2.35. The van der Waals surface area contributed by atoms with Crippen molar-refractivity contribution in [3.05, 3.63) is 52.1 Å². The third-order valence-corrected chi connectivity index (χ3v) is 7.13. The van der Waals surface area contributed by atoms with Crippen molar-refractivity contribution in [2.24, 2.45) is 5.73 Å². The predicted octanol–water partition coefficient (Wildman–Crippen LogP) is -1.48. The van der Waals surface area contributed by atoms with Gasteiger partial charge in [-0.2, -0.15) is 13.9 Å². The van der Waals surface area contributed by atoms with E-state index in [9.17, 15) is 43.1 Å². The Bertz CT molecular complexity index is 1750. The number of anilines is 2. The topological polar surface area (TPSA) is 381 Å². The molecule has 0 fully saturated rings. The molecule has 3 rings (SSSR count). The average Bonchev–Trinajstić information content (AvgIpc) is 2.93. The van der Waals surface area contributed by atoms with Gasteiger partial charge < -0.3 is 51.8 Å². The highest BCUT2D eigenvalue weighted by Crippen LogP contribution is 2.58. The standard InChI is InChI=1S/C19H21N7O13P2.C2H5NO2/c20-19-24-15-14(17(30)25-19)22-10(7-21-15)8-26(38-41(36,37)39-40(33,34)35)11-3-1-9(2-4-11)16(29)23-12(18(31)32)5-6-13(27)28;3-1-2(4)5/h1-4,7,12H,5-6,8H2,(H,23,29)(H,27,28)(H,31,32)(H,36,37)(H2,33,34,35)(H3,20,21,24,25,30);1,3H2,(H,4,5)/t12-;/m0./s1. The fourth-order valence-electron chi connectivity index (χ4n) is 3.19. The molecule has 0 saturated carbocycles. The lowest BCUT2D eigenvalue weighted by Crippen LogP contribution is -2.41. The van der Waals surface area contributed by atoms with Crippen LogP contribution in [0.25, 0.3) is 11.2 Å². The van der Waals surface area contributed by atoms with Crippen LogP contribution in [0.15, 0.2) is 35.3 Å². The first-order chi connectivity index (χ1) is 21.3. The molecule has 25 heteroatoms. The van der Waals surface area contributed by atoms with Gasteiger partial charge in [0.05, 0.1) is 30.7 Å². The number of H-pyrrole nitrogens is 1. The van der Waals surface area contributed by atoms with Gasteiger partial charge in [-0.25, -0.2) is 29.0 Å². The zero-order valence-electron chi connectivity index (χ0n) is 23.0. The van der Waals surface area contributed by atoms with Crippen molar-refractivity contribution < 1.29 is 67.2 Å². The van der Waals surface area contributed by atoms with Crippen LogP contribution in [0, 0.1) is 0 Å². The number of aromatic nitrogens is 4. The van der Waals surface area contributed by atoms with Gasteiger partial charge in [0.2, 0.25) is 5.95 Å². The second-order valence-electron chi connectivity index (χ2n) is 8.59. The predicted molar refractivity (Wildman–Crippen MR) is 151 cm³/mol. The number of aromatic amines is 1. The molecule has 250 valence electrons. The summed E-state index contributed by atoms with van der Waals surface area (Å²) in [7, 11) is -11.0. The van der Waals surface area contributed by atoms with Crippen molar-refractivity contribution in [3.63, 3.8) is 0 Å². The molecular weight excluding hydrogens is 666 g/mol. The smallest absolute Gasteiger partial charge is 0.481 e. The molecule has 0 aliphatic rings. The molecular formula is C21H26N8O15P2. The van der Waals surface area contributed by atoms with E-state index < -0.39 is 64.0 Å². The number of nitrogens with two attached hydrogens (primary N) is 2. The Hall–Kier alpha value is -4.86. The molecule has 0 aliphatic carbocycles. The summed E-state index contributed by atoms with van der Waals surface area (Å²) in [6, 6.07) is 3.04. The van der Waals surface area contributed by atoms with Crippen LogP contribution in [-0.2, 0) is 39.0 Å². The van der Waals surface area contributed by atoms with E-state index in [2.05, 4.69) is 35.3 Å². The number of carboxylic acids is 3. The molecule has 0 spiro atoms. The molecule has 23 nitrogen and oxygen atoms in total. The Balaban J connectivity index is 0.00000136. The Morgan fingerprint density at radius 1 is 1.02 bits per heavy atom. The van der Waals surface area contributed by atoms with Crippen LogP contribution < -0.4 is 27.4 Å². The monoisotopic (exact) mass is 692 g/mol. The van der Waals surface area contributed by atoms with Crippen molar-refractivity contribution in [2.45, 2.75) is 25.4 Å². The maximum absolute atomic E-state index is 12.5. The molecule has 0 aliphatic heterocycles. The van der Waals surface area contributed by atoms with E-state index in [1.54, 1.807) is 0 Å². The van der Waals surface area contributed by atoms with E-state index in [1.165, 1.54) is 0 Å². The molecule has 1 unspecified atom stereocenters. The zero-order chi connectivity index (χ0) is 34.8. The van der Waals surface area contributed by atoms with Gasteiger partial charge >= 0.3 is 39.1 Å². The number of phosphoric acid groups is 2. The van der Waals surface area contributed by atoms with Gasteiger partial charge in [-0.3, -0.25) is 19.2 Å². The third-order valence-electron chi connectivity index (χ3n) is 5.05. The average molecular weight is 692 g/mol. The molecule has 0 bridgehead atoms. The van der Waals surface area contributed by atoms with Crippen LogP contribution in [0.1, 0.15) is 28.9 Å². The number of hydroxylamine groups is 1. The first kappa shape index (κ1) is 37.3. The third kappa shape index (κ3) is 12.3. The maximum Gasteiger partial charge on any atom is 0.502 e. The second kappa shape index (κ2) is 15.9. The summed E-state index contributed by atoms with van der Waals surface area (Å²) < 4.78 is 32.0. The van der Waals surface area contributed by atoms with E-state index in [4.69, 9.17) is 30.4 Å². The van der Waals surface area contributed by atoms with Crippen molar-refractivity contribution in [2.75, 3.05) is 17.3 Å². The number of aliphatic carboxylic acids is 3. The van der Waals surface area contributed by atoms with Gasteiger partial charge in [0.25, 0.3) is 5.91 Å². The van der Waals surface area contributed by atoms with Gasteiger partial charge in [0.15, 0.2) is 11.2 Å². The lowest BCUT2D eigenvalue weighted by Gasteiger charge is -2.25. The van der Waals surface area contributed by atoms with Crippen LogP contribution in [-0.4, -0.2) is 86.3 Å². The van der Waals surface area contributed by atoms with Crippen molar-refractivity contribution in [3.8, 4) is 0 Å². The van der Waals surface area contributed by atoms with Crippen LogP contribution in [0.4, 0.5) is 11.6 Å². The Kier molecular flexibility index (Phi) is 12.9. The number of nitrogen functional groups attached to an aromatic ring is 1. The maximum atomic E-state index is 12.5. The summed E-state index contributed by atoms with van der Waals surface area (Å²) in [6.07, 6.45) is 0.206. The fraction of sp³-hybridized carbons (Fsp3) is 0.238. The summed E-state index contributed by atoms with van der Waals surface area (Å²) in [5.74, 6) is -4.82. The first-order valence-corrected chi connectivity index (χ1v) is 15.2. The van der Waals surface area contributed by atoms with Crippen molar-refractivity contribution >= 4 is 62.3 Å². The first-order valence-electron chi connectivity index (χ1n) is 12.2. The lowest BCUT2D eigenvalue weighted by atomic mass is 10.1. The lowest BCUT2D eigenvalue weighted by molar-refractivity contribution is -0.140. The summed E-state index contributed by atoms with van der Waals surface area (Å²) in [5, 5.41) is 28.3. The van der Waals surface area contributed by atoms with E-state index >= 15 is 0 Å². The molecule has 2 heterocycles. The quantitative estimate of drug-likeness (QED) is 0.0680. The summed E-state index contributed by atoms with van der Waals surface area (Å²) >= 11 is 0. The van der Waals surface area contributed by atoms with Gasteiger partial charge in [-0.05, 0) is 30.7 Å². The van der Waals surface area contributed by atoms with Gasteiger partial charge in [-0.1, -0.05) is 0 Å². The number of hydrogen-bond donors (Lipinski definition) is 10. The molecule has 1 aromatic carbocycles. The number of amides is 1. The van der Waals surface area contributed by atoms with Crippen molar-refractivity contribution in [1.29, 1.82) is 0 Å². The molecule has 3 aromatic rings. The number of benzene rings is 1. The highest BCUT2D eigenvalue weighted by atomic mass is 31.3. The van der Waals surface area contributed by atoms with E-state index in [1.807, 2.05) is 0 Å². The number of carbonyl (C=O) groups excluding carboxylic acids is 1. The summed E-state index contributed by atoms with van der Waals surface area (Å²) in [6.45, 7) is -0.857. The molecule has 0 saturated heterocycles. The minimum absolute atomic E-state index is 0.0326. The molecule has 2 atom stereocenters. The molecule has 2 aromatic heterocycles. The van der Waals surface area contributed by atoms with Crippen LogP contribution in [0.5, 0.6) is 0 Å². The largest absolute Gasteiger partial charge is 0.502 e. The number of nitrogens with zero attached hydrogens (tertiary/aromatic N) is 4. The minimum atomic E-state index is -5.51. The molecule has 12 N–H and O–H groups in total. The van der Waals surface area contributed by atoms with E-state index in [0.29, 0.717) is 5.06 Å². The zero-order valence-corrected chi connectivity index (χ0v) is 24.8. The normalized spacial score (nSPS) is 13.0. The Labute approximate surface area is 255 Å². The Morgan fingerprint density at radius 3 is 2.15 bits per heavy atom. The highest BCUT2D eigenvalue weighted by molar-refractivity contribution is 7.60. The second-order valence-corrected chi connectivity index (χ2v) is 11.3. The summed E-state index contributed by atoms with van der Waals surface area (Å²) in [5.41, 5.74) is 8.58. The number of nitrogens with one attached hydrogen (secondary N) is 2. The molecule has 0 radical (unpaired) electrons. The van der Waals surface area contributed by atoms with Crippen LogP contribution in [0.3, 0.4) is 0 Å². The number of carboxylic acid groups (broad SMARTS) is 3. The SMILES string of the molecule is NCC(=O)O.Nc1nc(=O)c2nc(CN(OP(=O)(O)OP(=O)(O)O)c3ccc(C(=O)N[C@@H](CCC(=O)O)C(=O)O)cc3)cnc2[nH]1. The number of fused-ring (bicyclic) bond motifs is 1. The van der Waals surface area contributed by atoms with Gasteiger partial charge in [-0.15, -0.1) is 0 Å². The van der Waals surface area contributed by atoms with Gasteiger partial charge in [0, 0.05) is 12.0 Å². The molecule has 46 heavy (non-hydrogen) atoms. The van der Waals surface area contributed by atoms with Gasteiger partial charge in [0.1, 0.15) is 6.04 Å². The van der Waals surface area contributed by atoms with Crippen LogP contribution >= 0.6 is 15.6 Å². The summed E-state index contributed by atoms with van der Waals surface area (Å²) in [4.78, 5) is 97.7. The molecule has 1 amide bonds. The van der Waals surface area contributed by atoms with E-state index in [-0.39, 0.29) is 47.0 Å². The number of hydrogen-bond acceptors (Lipinski definition) is 15.